The molecular formula is C45H64F3N13O13. The van der Waals surface area contributed by atoms with Gasteiger partial charge in [-0.15, -0.1) is 0 Å². The highest BCUT2D eigenvalue weighted by molar-refractivity contribution is 5.97. The second-order valence-electron chi connectivity index (χ2n) is 16.9. The van der Waals surface area contributed by atoms with Crippen LogP contribution in [0.3, 0.4) is 0 Å². The van der Waals surface area contributed by atoms with Gasteiger partial charge in [-0.2, -0.15) is 13.2 Å². The van der Waals surface area contributed by atoms with E-state index in [-0.39, 0.29) is 44.1 Å². The summed E-state index contributed by atoms with van der Waals surface area (Å²) in [7, 11) is 0. The van der Waals surface area contributed by atoms with Crippen molar-refractivity contribution in [2.45, 2.75) is 94.8 Å². The summed E-state index contributed by atoms with van der Waals surface area (Å²) < 4.78 is 31.7. The minimum absolute atomic E-state index is 0.0628. The van der Waals surface area contributed by atoms with Crippen LogP contribution in [0.4, 0.5) is 13.2 Å². The first-order chi connectivity index (χ1) is 34.8. The Kier molecular flexibility index (Phi) is 25.8. The van der Waals surface area contributed by atoms with E-state index in [1.165, 1.54) is 29.2 Å². The average Bonchev–Trinajstić information content (AvgIpc) is 3.85. The van der Waals surface area contributed by atoms with Crippen molar-refractivity contribution in [1.82, 2.24) is 42.1 Å². The van der Waals surface area contributed by atoms with Crippen LogP contribution in [0.1, 0.15) is 50.7 Å². The molecule has 0 aromatic heterocycles. The number of primary amides is 1. The van der Waals surface area contributed by atoms with Crippen LogP contribution in [0.15, 0.2) is 59.6 Å². The van der Waals surface area contributed by atoms with Gasteiger partial charge in [0.15, 0.2) is 5.96 Å². The summed E-state index contributed by atoms with van der Waals surface area (Å²) in [6, 6.07) is 6.97. The molecule has 2 aromatic carbocycles. The number of alkyl halides is 3. The molecule has 26 nitrogen and oxygen atoms in total. The number of nitrogens with two attached hydrogens (primary N) is 4. The molecule has 0 aliphatic carbocycles. The maximum atomic E-state index is 14.0. The first kappa shape index (κ1) is 62.0. The Morgan fingerprint density at radius 3 is 1.77 bits per heavy atom. The van der Waals surface area contributed by atoms with Crippen LogP contribution >= 0.6 is 0 Å². The van der Waals surface area contributed by atoms with Crippen LogP contribution in [0.25, 0.3) is 0 Å². The van der Waals surface area contributed by atoms with Gasteiger partial charge in [0.2, 0.25) is 53.2 Å². The van der Waals surface area contributed by atoms with Crippen molar-refractivity contribution in [1.29, 1.82) is 0 Å². The zero-order valence-corrected chi connectivity index (χ0v) is 40.5. The van der Waals surface area contributed by atoms with E-state index in [0.717, 1.165) is 0 Å². The summed E-state index contributed by atoms with van der Waals surface area (Å²) in [5, 5.41) is 44.3. The van der Waals surface area contributed by atoms with Crippen molar-refractivity contribution < 1.29 is 76.4 Å². The molecule has 0 spiro atoms. The number of phenols is 1. The number of likely N-dealkylation sites (tertiary alicyclic amines) is 1. The molecule has 29 heteroatoms. The molecule has 0 radical (unpaired) electrons. The van der Waals surface area contributed by atoms with E-state index in [0.29, 0.717) is 36.9 Å². The number of benzene rings is 2. The number of carbonyl (C=O) groups is 10. The van der Waals surface area contributed by atoms with Crippen LogP contribution in [-0.4, -0.2) is 167 Å². The third kappa shape index (κ3) is 22.1. The third-order valence-corrected chi connectivity index (χ3v) is 10.8. The quantitative estimate of drug-likeness (QED) is 0.0240. The number of aliphatic hydroxyl groups excluding tert-OH is 1. The largest absolute Gasteiger partial charge is 0.508 e. The van der Waals surface area contributed by atoms with E-state index in [1.807, 2.05) is 0 Å². The second-order valence-corrected chi connectivity index (χ2v) is 16.9. The molecule has 1 heterocycles. The lowest BCUT2D eigenvalue weighted by Crippen LogP contribution is -2.58. The van der Waals surface area contributed by atoms with Gasteiger partial charge in [-0.05, 0) is 54.9 Å². The lowest BCUT2D eigenvalue weighted by molar-refractivity contribution is -0.192. The van der Waals surface area contributed by atoms with Gasteiger partial charge in [0, 0.05) is 25.9 Å². The van der Waals surface area contributed by atoms with Crippen LogP contribution in [0.2, 0.25) is 0 Å². The molecule has 1 aliphatic heterocycles. The number of hydrogen-bond donors (Lipinski definition) is 14. The first-order valence-electron chi connectivity index (χ1n) is 22.9. The minimum Gasteiger partial charge on any atom is -0.508 e. The van der Waals surface area contributed by atoms with Gasteiger partial charge < -0.3 is 80.4 Å². The summed E-state index contributed by atoms with van der Waals surface area (Å²) in [6.07, 6.45) is -4.03. The monoisotopic (exact) mass is 1050 g/mol. The Labute approximate surface area is 422 Å². The smallest absolute Gasteiger partial charge is 0.490 e. The zero-order valence-electron chi connectivity index (χ0n) is 40.5. The fourth-order valence-corrected chi connectivity index (χ4v) is 6.96. The van der Waals surface area contributed by atoms with Crippen LogP contribution in [-0.2, 0) is 60.8 Å². The normalized spacial score (nSPS) is 15.0. The lowest BCUT2D eigenvalue weighted by atomic mass is 10.0. The fourth-order valence-electron chi connectivity index (χ4n) is 6.96. The summed E-state index contributed by atoms with van der Waals surface area (Å²) in [6.45, 7) is 1.28. The molecule has 0 saturated carbocycles. The topological polar surface area (TPSA) is 435 Å². The van der Waals surface area contributed by atoms with Gasteiger partial charge >= 0.3 is 12.1 Å². The Morgan fingerprint density at radius 1 is 0.730 bits per heavy atom. The molecule has 1 saturated heterocycles. The van der Waals surface area contributed by atoms with Gasteiger partial charge in [-0.1, -0.05) is 56.3 Å². The first-order valence-corrected chi connectivity index (χ1v) is 22.9. The highest BCUT2D eigenvalue weighted by atomic mass is 19.4. The molecule has 9 amide bonds. The number of aliphatic imine (C=N–C) groups is 1. The number of nitrogens with zero attached hydrogens (tertiary/aromatic N) is 2. The lowest BCUT2D eigenvalue weighted by Gasteiger charge is -2.26. The van der Waals surface area contributed by atoms with Gasteiger partial charge in [0.1, 0.15) is 42.0 Å². The molecule has 1 fully saturated rings. The van der Waals surface area contributed by atoms with E-state index in [4.69, 9.17) is 32.8 Å². The Bertz CT molecular complexity index is 2290. The number of carbonyl (C=O) groups excluding carboxylic acids is 9. The van der Waals surface area contributed by atoms with Gasteiger partial charge in [-0.25, -0.2) is 4.79 Å². The SMILES string of the molecule is CC(C)[C@H](NC(=O)CNC(=O)[C@H](Cc1ccc(O)cc1)NC(=O)[C@H](Cc1ccccc1)NC(=O)CNC(=O)[C@H](CO)NC(=O)[C@@H]1CCCN1C(=O)CN)C(=O)N[C@@H](CCCN=C(N)N)C(N)=O.O=C(O)C(F)(F)F. The van der Waals surface area contributed by atoms with E-state index >= 15 is 0 Å². The Hall–Kier alpha value is -8.08. The van der Waals surface area contributed by atoms with Crippen LogP contribution in [0.5, 0.6) is 5.75 Å². The molecule has 1 aliphatic rings. The number of amides is 9. The van der Waals surface area contributed by atoms with Crippen molar-refractivity contribution in [3.8, 4) is 5.75 Å². The van der Waals surface area contributed by atoms with Crippen molar-refractivity contribution in [3.63, 3.8) is 0 Å². The second kappa shape index (κ2) is 30.7. The standard InChI is InChI=1S/C43H63N13O11.C2HF3O2/c1-24(2)36(42(67)52-28(37(45)62)10-6-16-48-43(46)47)55-34(60)22-49-38(63)29(19-26-12-14-27(58)15-13-26)53-40(65)30(18-25-8-4-3-5-9-25)51-33(59)21-50-39(64)31(23-57)54-41(66)32-11-7-17-56(32)35(61)20-44;3-2(4,5)1(6)7/h3-5,8-9,12-15,24,28-32,36,57-58H,6-7,10-11,16-23,44H2,1-2H3,(H2,45,62)(H,49,63)(H,50,64)(H,51,59)(H,52,67)(H,53,65)(H,54,66)(H,55,60)(H4,46,47,48);(H,6,7)/t28-,29-,30-,31-,32-,36-;/m0./s1. The average molecular weight is 1050 g/mol. The highest BCUT2D eigenvalue weighted by Gasteiger charge is 2.39. The molecule has 74 heavy (non-hydrogen) atoms. The van der Waals surface area contributed by atoms with Crippen molar-refractivity contribution >= 4 is 65.1 Å². The number of rotatable bonds is 26. The van der Waals surface area contributed by atoms with Crippen LogP contribution < -0.4 is 60.2 Å². The number of hydrogen-bond acceptors (Lipinski definition) is 14. The molecule has 6 atom stereocenters. The van der Waals surface area contributed by atoms with Gasteiger partial charge in [0.05, 0.1) is 26.2 Å². The predicted molar refractivity (Wildman–Crippen MR) is 256 cm³/mol. The molecule has 408 valence electrons. The number of aromatic hydroxyl groups is 1. The highest BCUT2D eigenvalue weighted by Crippen LogP contribution is 2.18. The molecule has 3 rings (SSSR count). The van der Waals surface area contributed by atoms with E-state index in [1.54, 1.807) is 44.2 Å². The van der Waals surface area contributed by atoms with Crippen molar-refractivity contribution in [3.05, 3.63) is 65.7 Å². The third-order valence-electron chi connectivity index (χ3n) is 10.8. The van der Waals surface area contributed by atoms with Gasteiger partial charge in [0.25, 0.3) is 0 Å². The number of carboxylic acid groups (broad SMARTS) is 1. The number of aliphatic carboxylic acids is 1. The molecule has 18 N–H and O–H groups in total. The maximum Gasteiger partial charge on any atom is 0.490 e. The number of phenolic OH excluding ortho intramolecular Hbond substituents is 1. The molecular weight excluding hydrogens is 988 g/mol. The molecule has 0 unspecified atom stereocenters. The van der Waals surface area contributed by atoms with E-state index in [2.05, 4.69) is 42.2 Å². The van der Waals surface area contributed by atoms with Crippen LogP contribution in [0, 0.1) is 5.92 Å². The summed E-state index contributed by atoms with van der Waals surface area (Å²) in [4.78, 5) is 132. The number of aliphatic hydroxyl groups is 1. The molecule has 2 aromatic rings. The number of nitrogens with one attached hydrogen (secondary N) is 7. The number of carboxylic acids is 1. The Balaban J connectivity index is 0.00000249. The number of guanidine groups is 1. The van der Waals surface area contributed by atoms with E-state index < -0.39 is 127 Å². The summed E-state index contributed by atoms with van der Waals surface area (Å²) in [5.74, 6) is -10.3. The summed E-state index contributed by atoms with van der Waals surface area (Å²) in [5.41, 5.74) is 22.7. The van der Waals surface area contributed by atoms with Crippen molar-refractivity contribution in [2.75, 3.05) is 39.3 Å². The Morgan fingerprint density at radius 2 is 1.26 bits per heavy atom. The van der Waals surface area contributed by atoms with Crippen molar-refractivity contribution in [2.24, 2.45) is 33.8 Å². The van der Waals surface area contributed by atoms with E-state index in [9.17, 15) is 66.5 Å². The minimum atomic E-state index is -5.08. The maximum absolute atomic E-state index is 14.0. The number of halogens is 3. The van der Waals surface area contributed by atoms with Gasteiger partial charge in [-0.3, -0.25) is 48.1 Å². The fraction of sp³-hybridized carbons (Fsp3) is 0.489. The summed E-state index contributed by atoms with van der Waals surface area (Å²) >= 11 is 0. The predicted octanol–water partition coefficient (Wildman–Crippen LogP) is -4.40. The zero-order chi connectivity index (χ0) is 55.7. The molecule has 0 bridgehead atoms.